The quantitative estimate of drug-likeness (QED) is 0.443. The fourth-order valence-corrected chi connectivity index (χ4v) is 1.23. The van der Waals surface area contributed by atoms with Crippen LogP contribution in [0.3, 0.4) is 0 Å². The van der Waals surface area contributed by atoms with Crippen molar-refractivity contribution in [3.63, 3.8) is 0 Å². The van der Waals surface area contributed by atoms with Gasteiger partial charge in [-0.25, -0.2) is 9.59 Å². The number of aliphatic hydroxyl groups is 2. The van der Waals surface area contributed by atoms with Crippen LogP contribution in [0.5, 0.6) is 0 Å². The average Bonchev–Trinajstić information content (AvgIpc) is 2.37. The molecule has 1 rings (SSSR count). The van der Waals surface area contributed by atoms with Gasteiger partial charge in [-0.3, -0.25) is 0 Å². The highest BCUT2D eigenvalue weighted by Crippen LogP contribution is 2.20. The van der Waals surface area contributed by atoms with Gasteiger partial charge < -0.3 is 14.9 Å². The summed E-state index contributed by atoms with van der Waals surface area (Å²) in [5.74, 6) is -0.924. The molecule has 0 spiro atoms. The number of hydrogen-bond acceptors (Lipinski definition) is 6. The summed E-state index contributed by atoms with van der Waals surface area (Å²) < 4.78 is 4.30. The minimum absolute atomic E-state index is 0.313. The second-order valence-corrected chi connectivity index (χ2v) is 3.21. The van der Waals surface area contributed by atoms with Gasteiger partial charge in [-0.05, 0) is 17.7 Å². The van der Waals surface area contributed by atoms with Crippen LogP contribution < -0.4 is 0 Å². The van der Waals surface area contributed by atoms with Crippen LogP contribution in [0.4, 0.5) is 5.69 Å². The van der Waals surface area contributed by atoms with E-state index in [0.717, 1.165) is 7.11 Å². The largest absolute Gasteiger partial charge is 0.467 e. The molecule has 0 saturated heterocycles. The van der Waals surface area contributed by atoms with Crippen molar-refractivity contribution in [3.8, 4) is 0 Å². The first-order valence-electron chi connectivity index (χ1n) is 4.72. The minimum Gasteiger partial charge on any atom is -0.467 e. The van der Waals surface area contributed by atoms with E-state index in [-0.39, 0.29) is 0 Å². The van der Waals surface area contributed by atoms with E-state index in [2.05, 4.69) is 9.73 Å². The smallest absolute Gasteiger partial charge is 0.337 e. The molecule has 0 heterocycles. The Morgan fingerprint density at radius 2 is 1.94 bits per heavy atom. The molecule has 0 radical (unpaired) electrons. The van der Waals surface area contributed by atoms with Crippen molar-refractivity contribution in [3.05, 3.63) is 29.8 Å². The molecule has 2 atom stereocenters. The van der Waals surface area contributed by atoms with Gasteiger partial charge in [0.25, 0.3) is 0 Å². The molecule has 6 heteroatoms. The molecule has 17 heavy (non-hydrogen) atoms. The summed E-state index contributed by atoms with van der Waals surface area (Å²) in [6, 6.07) is 5.78. The summed E-state index contributed by atoms with van der Waals surface area (Å²) in [6.45, 7) is 0. The van der Waals surface area contributed by atoms with Crippen molar-refractivity contribution in [2.45, 2.75) is 12.2 Å². The van der Waals surface area contributed by atoms with E-state index in [0.29, 0.717) is 11.3 Å². The molecular formula is C11H11NO5. The van der Waals surface area contributed by atoms with E-state index in [1.54, 1.807) is 0 Å². The van der Waals surface area contributed by atoms with Crippen LogP contribution in [0.1, 0.15) is 11.7 Å². The summed E-state index contributed by atoms with van der Waals surface area (Å²) in [5.41, 5.74) is 0.677. The highest BCUT2D eigenvalue weighted by Gasteiger charge is 2.26. The maximum atomic E-state index is 11.0. The highest BCUT2D eigenvalue weighted by molar-refractivity contribution is 5.75. The number of esters is 1. The number of aliphatic hydroxyl groups excluding tert-OH is 2. The Kier molecular flexibility index (Phi) is 4.54. The van der Waals surface area contributed by atoms with Crippen LogP contribution in [-0.2, 0) is 14.3 Å². The average molecular weight is 237 g/mol. The van der Waals surface area contributed by atoms with Crippen molar-refractivity contribution in [1.82, 2.24) is 0 Å². The monoisotopic (exact) mass is 237 g/mol. The van der Waals surface area contributed by atoms with Crippen LogP contribution in [0.25, 0.3) is 0 Å². The molecule has 2 N–H and O–H groups in total. The van der Waals surface area contributed by atoms with Crippen LogP contribution in [0.15, 0.2) is 29.3 Å². The van der Waals surface area contributed by atoms with E-state index in [1.807, 2.05) is 0 Å². The van der Waals surface area contributed by atoms with Gasteiger partial charge in [-0.2, -0.15) is 4.99 Å². The Labute approximate surface area is 97.2 Å². The second kappa shape index (κ2) is 5.91. The molecule has 6 nitrogen and oxygen atoms in total. The Morgan fingerprint density at radius 1 is 1.35 bits per heavy atom. The Hall–Kier alpha value is -2.01. The maximum absolute atomic E-state index is 11.0. The van der Waals surface area contributed by atoms with Crippen LogP contribution >= 0.6 is 0 Å². The normalized spacial score (nSPS) is 13.4. The standard InChI is InChI=1S/C11H11NO5/c1-17-11(16)10(15)9(14)7-2-4-8(5-3-7)12-6-13/h2-5,9-10,14-15H,1H3. The Balaban J connectivity index is 2.85. The number of benzene rings is 1. The van der Waals surface area contributed by atoms with Gasteiger partial charge >= 0.3 is 5.97 Å². The Bertz CT molecular complexity index is 436. The van der Waals surface area contributed by atoms with E-state index < -0.39 is 18.2 Å². The van der Waals surface area contributed by atoms with Gasteiger partial charge in [0, 0.05) is 0 Å². The number of hydrogen-bond donors (Lipinski definition) is 2. The molecular weight excluding hydrogens is 226 g/mol. The van der Waals surface area contributed by atoms with Gasteiger partial charge in [-0.15, -0.1) is 0 Å². The fourth-order valence-electron chi connectivity index (χ4n) is 1.23. The first kappa shape index (κ1) is 13.1. The summed E-state index contributed by atoms with van der Waals surface area (Å²) in [4.78, 5) is 24.3. The SMILES string of the molecule is COC(=O)C(O)C(O)c1ccc(N=C=O)cc1. The molecule has 0 bridgehead atoms. The lowest BCUT2D eigenvalue weighted by atomic mass is 10.0. The zero-order chi connectivity index (χ0) is 12.8. The molecule has 0 aliphatic rings. The highest BCUT2D eigenvalue weighted by atomic mass is 16.5. The maximum Gasteiger partial charge on any atom is 0.337 e. The van der Waals surface area contributed by atoms with Gasteiger partial charge in [0.1, 0.15) is 6.10 Å². The van der Waals surface area contributed by atoms with Gasteiger partial charge in [0.05, 0.1) is 12.8 Å². The third-order valence-corrected chi connectivity index (χ3v) is 2.15. The van der Waals surface area contributed by atoms with Crippen LogP contribution in [-0.4, -0.2) is 35.5 Å². The number of isocyanates is 1. The molecule has 1 aromatic rings. The lowest BCUT2D eigenvalue weighted by Gasteiger charge is -2.15. The van der Waals surface area contributed by atoms with E-state index >= 15 is 0 Å². The predicted molar refractivity (Wildman–Crippen MR) is 57.2 cm³/mol. The van der Waals surface area contributed by atoms with Gasteiger partial charge in [0.15, 0.2) is 6.10 Å². The lowest BCUT2D eigenvalue weighted by Crippen LogP contribution is -2.28. The number of aliphatic imine (C=N–C) groups is 1. The first-order valence-corrected chi connectivity index (χ1v) is 4.72. The van der Waals surface area contributed by atoms with Gasteiger partial charge in [-0.1, -0.05) is 12.1 Å². The fraction of sp³-hybridized carbons (Fsp3) is 0.273. The number of methoxy groups -OCH3 is 1. The molecule has 0 aromatic heterocycles. The first-order chi connectivity index (χ1) is 8.10. The molecule has 2 unspecified atom stereocenters. The number of ether oxygens (including phenoxy) is 1. The molecule has 1 aromatic carbocycles. The van der Waals surface area contributed by atoms with Crippen LogP contribution in [0.2, 0.25) is 0 Å². The molecule has 90 valence electrons. The zero-order valence-corrected chi connectivity index (χ0v) is 9.03. The van der Waals surface area contributed by atoms with E-state index in [9.17, 15) is 19.8 Å². The van der Waals surface area contributed by atoms with Crippen molar-refractivity contribution < 1.29 is 24.5 Å². The van der Waals surface area contributed by atoms with Crippen molar-refractivity contribution in [2.24, 2.45) is 4.99 Å². The number of carbonyl (C=O) groups excluding carboxylic acids is 2. The van der Waals surface area contributed by atoms with Crippen molar-refractivity contribution in [2.75, 3.05) is 7.11 Å². The Morgan fingerprint density at radius 3 is 2.41 bits per heavy atom. The molecule has 0 fully saturated rings. The number of rotatable bonds is 4. The zero-order valence-electron chi connectivity index (χ0n) is 9.03. The van der Waals surface area contributed by atoms with Gasteiger partial charge in [0.2, 0.25) is 6.08 Å². The van der Waals surface area contributed by atoms with E-state index in [4.69, 9.17) is 0 Å². The van der Waals surface area contributed by atoms with E-state index in [1.165, 1.54) is 30.3 Å². The third-order valence-electron chi connectivity index (χ3n) is 2.15. The second-order valence-electron chi connectivity index (χ2n) is 3.21. The topological polar surface area (TPSA) is 96.2 Å². The minimum atomic E-state index is -1.65. The summed E-state index contributed by atoms with van der Waals surface area (Å²) in [5, 5.41) is 19.1. The summed E-state index contributed by atoms with van der Waals surface area (Å²) in [7, 11) is 1.11. The molecule has 0 aliphatic heterocycles. The number of nitrogens with zero attached hydrogens (tertiary/aromatic N) is 1. The molecule has 0 aliphatic carbocycles. The summed E-state index contributed by atoms with van der Waals surface area (Å²) >= 11 is 0. The third kappa shape index (κ3) is 3.22. The lowest BCUT2D eigenvalue weighted by molar-refractivity contribution is -0.156. The molecule has 0 amide bonds. The van der Waals surface area contributed by atoms with Crippen LogP contribution in [0, 0.1) is 0 Å². The predicted octanol–water partition coefficient (Wildman–Crippen LogP) is 0.221. The van der Waals surface area contributed by atoms with Crippen molar-refractivity contribution >= 4 is 17.7 Å². The number of carbonyl (C=O) groups is 1. The molecule has 0 saturated carbocycles. The summed E-state index contributed by atoms with van der Waals surface area (Å²) in [6.07, 6.45) is -1.67. The van der Waals surface area contributed by atoms with Crippen molar-refractivity contribution in [1.29, 1.82) is 0 Å².